The molecule has 0 radical (unpaired) electrons. The first-order valence-corrected chi connectivity index (χ1v) is 14.2. The average Bonchev–Trinajstić information content (AvgIpc) is 3.12. The number of anilines is 1. The van der Waals surface area contributed by atoms with Crippen molar-refractivity contribution in [2.45, 2.75) is 18.0 Å². The van der Waals surface area contributed by atoms with E-state index in [1.165, 1.54) is 6.07 Å². The maximum Gasteiger partial charge on any atom is 0.251 e. The van der Waals surface area contributed by atoms with E-state index >= 15 is 0 Å². The van der Waals surface area contributed by atoms with Gasteiger partial charge >= 0.3 is 0 Å². The van der Waals surface area contributed by atoms with E-state index in [1.807, 2.05) is 42.3 Å². The molecule has 0 saturated carbocycles. The minimum absolute atomic E-state index is 0.0334. The number of likely N-dealkylation sites (N-methyl/N-ethyl adjacent to an activating group) is 1. The van der Waals surface area contributed by atoms with Crippen molar-refractivity contribution in [3.8, 4) is 11.4 Å². The third kappa shape index (κ3) is 5.93. The van der Waals surface area contributed by atoms with Crippen LogP contribution in [0, 0.1) is 5.82 Å². The molecule has 1 aromatic carbocycles. The number of hydrogen-bond donors (Lipinski definition) is 1. The lowest BCUT2D eigenvalue weighted by molar-refractivity contribution is 0.0949. The van der Waals surface area contributed by atoms with Gasteiger partial charge in [0.25, 0.3) is 5.91 Å². The summed E-state index contributed by atoms with van der Waals surface area (Å²) in [7, 11) is -0.168. The van der Waals surface area contributed by atoms with Gasteiger partial charge in [-0.3, -0.25) is 9.78 Å². The molecule has 3 aromatic heterocycles. The van der Waals surface area contributed by atoms with Gasteiger partial charge in [0.2, 0.25) is 0 Å². The zero-order chi connectivity index (χ0) is 28.3. The van der Waals surface area contributed by atoms with Crippen LogP contribution in [-0.4, -0.2) is 68.9 Å². The van der Waals surface area contributed by atoms with E-state index in [-0.39, 0.29) is 41.5 Å². The van der Waals surface area contributed by atoms with Crippen LogP contribution in [0.4, 0.5) is 10.2 Å². The molecule has 1 aliphatic rings. The Balaban J connectivity index is 1.34. The number of nitrogens with one attached hydrogen (secondary N) is 1. The van der Waals surface area contributed by atoms with Gasteiger partial charge in [-0.25, -0.2) is 22.8 Å². The SMILES string of the molecule is COCCN(C)c1cccc(-c2ccc3cnc(CNC(=O)c4cc(F)c5c(c4)S(=O)(=O)CCOC5)cc3n2)n1. The summed E-state index contributed by atoms with van der Waals surface area (Å²) >= 11 is 0. The van der Waals surface area contributed by atoms with Crippen LogP contribution >= 0.6 is 0 Å². The van der Waals surface area contributed by atoms with E-state index in [4.69, 9.17) is 19.4 Å². The molecule has 4 aromatic rings. The molecular formula is C28H28FN5O5S. The number of amides is 1. The van der Waals surface area contributed by atoms with E-state index in [1.54, 1.807) is 19.4 Å². The number of sulfone groups is 1. The Bertz CT molecular complexity index is 1680. The van der Waals surface area contributed by atoms with E-state index < -0.39 is 21.6 Å². The summed E-state index contributed by atoms with van der Waals surface area (Å²) in [6, 6.07) is 13.5. The van der Waals surface area contributed by atoms with Crippen molar-refractivity contribution in [2.24, 2.45) is 0 Å². The molecule has 1 amide bonds. The van der Waals surface area contributed by atoms with Crippen LogP contribution in [0.2, 0.25) is 0 Å². The van der Waals surface area contributed by atoms with Crippen molar-refractivity contribution >= 4 is 32.5 Å². The summed E-state index contributed by atoms with van der Waals surface area (Å²) in [6.45, 7) is 1.11. The third-order valence-corrected chi connectivity index (χ3v) is 8.31. The molecular weight excluding hydrogens is 537 g/mol. The monoisotopic (exact) mass is 565 g/mol. The van der Waals surface area contributed by atoms with Crippen LogP contribution in [0.5, 0.6) is 0 Å². The first kappa shape index (κ1) is 27.6. The van der Waals surface area contributed by atoms with E-state index in [2.05, 4.69) is 10.3 Å². The van der Waals surface area contributed by atoms with Gasteiger partial charge in [-0.15, -0.1) is 0 Å². The molecule has 0 bridgehead atoms. The first-order valence-electron chi connectivity index (χ1n) is 12.6. The minimum atomic E-state index is -3.77. The van der Waals surface area contributed by atoms with Gasteiger partial charge in [0.15, 0.2) is 9.84 Å². The number of hydrogen-bond acceptors (Lipinski definition) is 9. The Hall–Kier alpha value is -4.00. The van der Waals surface area contributed by atoms with Crippen molar-refractivity contribution in [2.75, 3.05) is 44.6 Å². The van der Waals surface area contributed by atoms with Gasteiger partial charge in [0, 0.05) is 43.4 Å². The lowest BCUT2D eigenvalue weighted by Gasteiger charge is -2.18. The van der Waals surface area contributed by atoms with E-state index in [0.717, 1.165) is 17.3 Å². The molecule has 5 rings (SSSR count). The molecule has 208 valence electrons. The number of ether oxygens (including phenoxy) is 2. The summed E-state index contributed by atoms with van der Waals surface area (Å²) in [5.74, 6) is -0.894. The molecule has 10 nitrogen and oxygen atoms in total. The highest BCUT2D eigenvalue weighted by Gasteiger charge is 2.27. The molecule has 0 atom stereocenters. The largest absolute Gasteiger partial charge is 0.383 e. The number of halogens is 1. The fraction of sp³-hybridized carbons (Fsp3) is 0.286. The van der Waals surface area contributed by atoms with E-state index in [9.17, 15) is 17.6 Å². The van der Waals surface area contributed by atoms with Crippen LogP contribution in [0.15, 0.2) is 59.6 Å². The molecule has 0 aliphatic carbocycles. The van der Waals surface area contributed by atoms with Crippen molar-refractivity contribution in [3.05, 3.63) is 77.4 Å². The Morgan fingerprint density at radius 1 is 1.15 bits per heavy atom. The van der Waals surface area contributed by atoms with Gasteiger partial charge < -0.3 is 19.7 Å². The van der Waals surface area contributed by atoms with Crippen LogP contribution in [-0.2, 0) is 32.5 Å². The van der Waals surface area contributed by atoms with Crippen LogP contribution < -0.4 is 10.2 Å². The number of aromatic nitrogens is 3. The Morgan fingerprint density at radius 3 is 2.80 bits per heavy atom. The number of benzene rings is 1. The summed E-state index contributed by atoms with van der Waals surface area (Å²) in [5.41, 5.74) is 2.43. The molecule has 12 heteroatoms. The topological polar surface area (TPSA) is 124 Å². The highest BCUT2D eigenvalue weighted by atomic mass is 32.2. The number of nitrogens with zero attached hydrogens (tertiary/aromatic N) is 4. The predicted molar refractivity (Wildman–Crippen MR) is 147 cm³/mol. The molecule has 1 aliphatic heterocycles. The van der Waals surface area contributed by atoms with Gasteiger partial charge in [0.05, 0.1) is 59.6 Å². The number of methoxy groups -OCH3 is 1. The molecule has 0 unspecified atom stereocenters. The van der Waals surface area contributed by atoms with Crippen molar-refractivity contribution in [1.82, 2.24) is 20.3 Å². The normalized spacial score (nSPS) is 14.4. The summed E-state index contributed by atoms with van der Waals surface area (Å²) in [6.07, 6.45) is 1.66. The molecule has 40 heavy (non-hydrogen) atoms. The maximum absolute atomic E-state index is 14.7. The summed E-state index contributed by atoms with van der Waals surface area (Å²) < 4.78 is 50.1. The fourth-order valence-corrected chi connectivity index (χ4v) is 5.70. The quantitative estimate of drug-likeness (QED) is 0.343. The lowest BCUT2D eigenvalue weighted by atomic mass is 10.1. The summed E-state index contributed by atoms with van der Waals surface area (Å²) in [4.78, 5) is 28.5. The smallest absolute Gasteiger partial charge is 0.251 e. The van der Waals surface area contributed by atoms with Crippen LogP contribution in [0.25, 0.3) is 22.3 Å². The number of carbonyl (C=O) groups excluding carboxylic acids is 1. The average molecular weight is 566 g/mol. The third-order valence-electron chi connectivity index (χ3n) is 6.57. The van der Waals surface area contributed by atoms with Crippen LogP contribution in [0.1, 0.15) is 21.6 Å². The molecule has 1 N–H and O–H groups in total. The minimum Gasteiger partial charge on any atom is -0.383 e. The number of rotatable bonds is 8. The highest BCUT2D eigenvalue weighted by Crippen LogP contribution is 2.26. The predicted octanol–water partition coefficient (Wildman–Crippen LogP) is 3.15. The van der Waals surface area contributed by atoms with Crippen molar-refractivity contribution < 1.29 is 27.1 Å². The summed E-state index contributed by atoms with van der Waals surface area (Å²) in [5, 5.41) is 3.50. The number of fused-ring (bicyclic) bond motifs is 2. The fourth-order valence-electron chi connectivity index (χ4n) is 4.30. The molecule has 0 fully saturated rings. The van der Waals surface area contributed by atoms with Gasteiger partial charge in [-0.1, -0.05) is 6.07 Å². The first-order chi connectivity index (χ1) is 19.2. The second kappa shape index (κ2) is 11.6. The second-order valence-corrected chi connectivity index (χ2v) is 11.4. The second-order valence-electron chi connectivity index (χ2n) is 9.35. The zero-order valence-electron chi connectivity index (χ0n) is 22.1. The molecule has 0 spiro atoms. The van der Waals surface area contributed by atoms with Crippen molar-refractivity contribution in [3.63, 3.8) is 0 Å². The lowest BCUT2D eigenvalue weighted by Crippen LogP contribution is -2.24. The van der Waals surface area contributed by atoms with Gasteiger partial charge in [-0.05, 0) is 42.5 Å². The standard InChI is InChI=1S/C28H28FN5O5S/c1-34(8-9-38-2)27-5-3-4-23(33-27)24-7-6-18-15-30-20(14-25(18)32-24)16-31-28(35)19-12-22(29)21-17-39-10-11-40(36,37)26(21)13-19/h3-7,12-15H,8-11,16-17H2,1-2H3,(H,31,35). The molecule has 0 saturated heterocycles. The maximum atomic E-state index is 14.7. The number of carbonyl (C=O) groups is 1. The molecule has 4 heterocycles. The zero-order valence-corrected chi connectivity index (χ0v) is 22.9. The Morgan fingerprint density at radius 2 is 1.98 bits per heavy atom. The van der Waals surface area contributed by atoms with Gasteiger partial charge in [-0.2, -0.15) is 0 Å². The van der Waals surface area contributed by atoms with Crippen LogP contribution in [0.3, 0.4) is 0 Å². The Kier molecular flexibility index (Phi) is 8.01. The number of pyridine rings is 3. The van der Waals surface area contributed by atoms with Crippen molar-refractivity contribution in [1.29, 1.82) is 0 Å². The highest BCUT2D eigenvalue weighted by molar-refractivity contribution is 7.91. The van der Waals surface area contributed by atoms with Gasteiger partial charge in [0.1, 0.15) is 11.6 Å². The Labute approximate surface area is 231 Å². The van der Waals surface area contributed by atoms with E-state index in [0.29, 0.717) is 35.8 Å².